The van der Waals surface area contributed by atoms with Crippen molar-refractivity contribution < 1.29 is 21.6 Å². The van der Waals surface area contributed by atoms with Crippen LogP contribution < -0.4 is 4.72 Å². The average molecular weight is 405 g/mol. The fourth-order valence-electron chi connectivity index (χ4n) is 2.75. The summed E-state index contributed by atoms with van der Waals surface area (Å²) in [5.74, 6) is 0. The lowest BCUT2D eigenvalue weighted by molar-refractivity contribution is -0.137. The number of halogens is 3. The lowest BCUT2D eigenvalue weighted by Crippen LogP contribution is -2.13. The summed E-state index contributed by atoms with van der Waals surface area (Å²) in [4.78, 5) is 0.0741. The highest BCUT2D eigenvalue weighted by molar-refractivity contribution is 7.92. The van der Waals surface area contributed by atoms with Gasteiger partial charge in [-0.15, -0.1) is 0 Å². The van der Waals surface area contributed by atoms with Gasteiger partial charge in [0.2, 0.25) is 0 Å². The summed E-state index contributed by atoms with van der Waals surface area (Å²) < 4.78 is 65.7. The molecule has 0 bridgehead atoms. The third-order valence-electron chi connectivity index (χ3n) is 4.30. The maximum atomic E-state index is 12.7. The van der Waals surface area contributed by atoms with E-state index in [1.165, 1.54) is 24.3 Å². The van der Waals surface area contributed by atoms with E-state index in [4.69, 9.17) is 0 Å². The minimum absolute atomic E-state index is 0.0741. The zero-order chi connectivity index (χ0) is 20.4. The van der Waals surface area contributed by atoms with Gasteiger partial charge in [0.15, 0.2) is 0 Å². The van der Waals surface area contributed by atoms with Crippen LogP contribution in [-0.2, 0) is 22.6 Å². The van der Waals surface area contributed by atoms with E-state index in [1.807, 2.05) is 13.0 Å². The first-order valence-electron chi connectivity index (χ1n) is 8.58. The van der Waals surface area contributed by atoms with E-state index in [-0.39, 0.29) is 4.90 Å². The van der Waals surface area contributed by atoms with Crippen molar-refractivity contribution in [3.63, 3.8) is 0 Å². The molecule has 3 nitrogen and oxygen atoms in total. The Bertz CT molecular complexity index is 1060. The van der Waals surface area contributed by atoms with E-state index in [0.29, 0.717) is 16.8 Å². The number of hydrogen-bond acceptors (Lipinski definition) is 2. The lowest BCUT2D eigenvalue weighted by atomic mass is 10.0. The van der Waals surface area contributed by atoms with Gasteiger partial charge in [-0.2, -0.15) is 13.2 Å². The minimum Gasteiger partial charge on any atom is -0.280 e. The van der Waals surface area contributed by atoms with Gasteiger partial charge >= 0.3 is 6.18 Å². The average Bonchev–Trinajstić information content (AvgIpc) is 2.67. The number of anilines is 1. The van der Waals surface area contributed by atoms with Crippen LogP contribution in [0.4, 0.5) is 18.9 Å². The normalized spacial score (nSPS) is 12.0. The SMILES string of the molecule is CCc1cccc(NS(=O)(=O)c2ccc(-c3ccc(C(F)(F)F)cc3)cc2)c1. The van der Waals surface area contributed by atoms with Gasteiger partial charge < -0.3 is 0 Å². The number of benzene rings is 3. The Morgan fingerprint density at radius 1 is 0.857 bits per heavy atom. The van der Waals surface area contributed by atoms with Gasteiger partial charge in [-0.1, -0.05) is 43.3 Å². The Morgan fingerprint density at radius 2 is 1.43 bits per heavy atom. The maximum absolute atomic E-state index is 12.7. The van der Waals surface area contributed by atoms with Crippen molar-refractivity contribution in [3.05, 3.63) is 83.9 Å². The van der Waals surface area contributed by atoms with Crippen LogP contribution in [0.3, 0.4) is 0 Å². The number of sulfonamides is 1. The summed E-state index contributed by atoms with van der Waals surface area (Å²) in [6.07, 6.45) is -3.60. The standard InChI is InChI=1S/C21H18F3NO2S/c1-2-15-4-3-5-19(14-15)25-28(26,27)20-12-8-17(9-13-20)16-6-10-18(11-7-16)21(22,23)24/h3-14,25H,2H2,1H3. The van der Waals surface area contributed by atoms with Gasteiger partial charge in [0, 0.05) is 5.69 Å². The van der Waals surface area contributed by atoms with E-state index in [9.17, 15) is 21.6 Å². The Labute approximate surface area is 161 Å². The zero-order valence-corrected chi connectivity index (χ0v) is 15.8. The molecule has 28 heavy (non-hydrogen) atoms. The molecule has 0 heterocycles. The molecule has 0 amide bonds. The first-order chi connectivity index (χ1) is 13.2. The van der Waals surface area contributed by atoms with Gasteiger partial charge in [-0.05, 0) is 59.5 Å². The van der Waals surface area contributed by atoms with Crippen molar-refractivity contribution in [2.24, 2.45) is 0 Å². The van der Waals surface area contributed by atoms with Gasteiger partial charge in [0.1, 0.15) is 0 Å². The number of rotatable bonds is 5. The highest BCUT2D eigenvalue weighted by Gasteiger charge is 2.29. The van der Waals surface area contributed by atoms with Crippen molar-refractivity contribution in [1.82, 2.24) is 0 Å². The molecule has 0 aliphatic carbocycles. The molecule has 7 heteroatoms. The molecular weight excluding hydrogens is 387 g/mol. The first-order valence-corrected chi connectivity index (χ1v) is 10.1. The lowest BCUT2D eigenvalue weighted by Gasteiger charge is -2.11. The predicted molar refractivity (Wildman–Crippen MR) is 104 cm³/mol. The second-order valence-corrected chi connectivity index (χ2v) is 7.94. The topological polar surface area (TPSA) is 46.2 Å². The number of hydrogen-bond donors (Lipinski definition) is 1. The van der Waals surface area contributed by atoms with Gasteiger partial charge in [-0.25, -0.2) is 8.42 Å². The number of nitrogens with one attached hydrogen (secondary N) is 1. The van der Waals surface area contributed by atoms with Crippen molar-refractivity contribution in [1.29, 1.82) is 0 Å². The maximum Gasteiger partial charge on any atom is 0.416 e. The molecular formula is C21H18F3NO2S. The zero-order valence-electron chi connectivity index (χ0n) is 15.0. The Morgan fingerprint density at radius 3 is 1.96 bits per heavy atom. The van der Waals surface area contributed by atoms with Gasteiger partial charge in [0.05, 0.1) is 10.5 Å². The summed E-state index contributed by atoms with van der Waals surface area (Å²) in [6.45, 7) is 1.98. The summed E-state index contributed by atoms with van der Waals surface area (Å²) in [5.41, 5.74) is 1.96. The van der Waals surface area contributed by atoms with Crippen LogP contribution >= 0.6 is 0 Å². The van der Waals surface area contributed by atoms with E-state index in [0.717, 1.165) is 24.1 Å². The fourth-order valence-corrected chi connectivity index (χ4v) is 3.80. The third-order valence-corrected chi connectivity index (χ3v) is 5.69. The van der Waals surface area contributed by atoms with Crippen molar-refractivity contribution in [2.75, 3.05) is 4.72 Å². The van der Waals surface area contributed by atoms with Crippen LogP contribution in [0.1, 0.15) is 18.1 Å². The smallest absolute Gasteiger partial charge is 0.280 e. The van der Waals surface area contributed by atoms with Crippen LogP contribution in [0.5, 0.6) is 0 Å². The quantitative estimate of drug-likeness (QED) is 0.589. The summed E-state index contributed by atoms with van der Waals surface area (Å²) in [5, 5.41) is 0. The van der Waals surface area contributed by atoms with Crippen LogP contribution in [-0.4, -0.2) is 8.42 Å². The second-order valence-electron chi connectivity index (χ2n) is 6.26. The van der Waals surface area contributed by atoms with E-state index >= 15 is 0 Å². The molecule has 0 radical (unpaired) electrons. The molecule has 0 spiro atoms. The molecule has 3 aromatic carbocycles. The third kappa shape index (κ3) is 4.54. The monoisotopic (exact) mass is 405 g/mol. The summed E-state index contributed by atoms with van der Waals surface area (Å²) in [7, 11) is -3.76. The molecule has 0 aliphatic heterocycles. The Balaban J connectivity index is 1.81. The van der Waals surface area contributed by atoms with Crippen molar-refractivity contribution in [3.8, 4) is 11.1 Å². The molecule has 3 rings (SSSR count). The van der Waals surface area contributed by atoms with Crippen molar-refractivity contribution >= 4 is 15.7 Å². The second kappa shape index (κ2) is 7.67. The number of alkyl halides is 3. The van der Waals surface area contributed by atoms with E-state index < -0.39 is 21.8 Å². The largest absolute Gasteiger partial charge is 0.416 e. The molecule has 0 unspecified atom stereocenters. The molecule has 0 atom stereocenters. The molecule has 0 aromatic heterocycles. The van der Waals surface area contributed by atoms with Crippen LogP contribution in [0.2, 0.25) is 0 Å². The molecule has 3 aromatic rings. The van der Waals surface area contributed by atoms with Gasteiger partial charge in [0.25, 0.3) is 10.0 Å². The predicted octanol–water partition coefficient (Wildman–Crippen LogP) is 5.74. The van der Waals surface area contributed by atoms with E-state index in [1.54, 1.807) is 30.3 Å². The molecule has 146 valence electrons. The summed E-state index contributed by atoms with van der Waals surface area (Å²) in [6, 6.07) is 17.9. The molecule has 0 saturated heterocycles. The first kappa shape index (κ1) is 19.9. The molecule has 0 aliphatic rings. The Hall–Kier alpha value is -2.80. The van der Waals surface area contributed by atoms with Crippen LogP contribution in [0.25, 0.3) is 11.1 Å². The minimum atomic E-state index is -4.39. The highest BCUT2D eigenvalue weighted by atomic mass is 32.2. The molecule has 0 saturated carbocycles. The molecule has 0 fully saturated rings. The highest BCUT2D eigenvalue weighted by Crippen LogP contribution is 2.31. The van der Waals surface area contributed by atoms with Crippen LogP contribution in [0, 0.1) is 0 Å². The number of aryl methyl sites for hydroxylation is 1. The Kier molecular flexibility index (Phi) is 5.47. The molecule has 1 N–H and O–H groups in total. The van der Waals surface area contributed by atoms with Gasteiger partial charge in [-0.3, -0.25) is 4.72 Å². The summed E-state index contributed by atoms with van der Waals surface area (Å²) >= 11 is 0. The van der Waals surface area contributed by atoms with Crippen molar-refractivity contribution in [2.45, 2.75) is 24.4 Å². The van der Waals surface area contributed by atoms with Crippen LogP contribution in [0.15, 0.2) is 77.7 Å². The fraction of sp³-hybridized carbons (Fsp3) is 0.143. The van der Waals surface area contributed by atoms with E-state index in [2.05, 4.69) is 4.72 Å².